The number of carbonyl (C=O) groups is 1. The molecule has 0 unspecified atom stereocenters. The maximum absolute atomic E-state index is 11.0. The highest BCUT2D eigenvalue weighted by atomic mass is 16.5. The van der Waals surface area contributed by atoms with Crippen molar-refractivity contribution < 1.29 is 9.53 Å². The minimum Gasteiger partial charge on any atom is -0.497 e. The molecule has 0 radical (unpaired) electrons. The van der Waals surface area contributed by atoms with Crippen LogP contribution in [0, 0.1) is 0 Å². The Kier molecular flexibility index (Phi) is 2.76. The number of carbonyl (C=O) groups excluding carboxylic acids is 1. The molecule has 0 spiro atoms. The van der Waals surface area contributed by atoms with Gasteiger partial charge in [0.15, 0.2) is 6.29 Å². The van der Waals surface area contributed by atoms with Gasteiger partial charge in [-0.1, -0.05) is 0 Å². The van der Waals surface area contributed by atoms with Crippen molar-refractivity contribution in [1.82, 2.24) is 9.61 Å². The van der Waals surface area contributed by atoms with Gasteiger partial charge >= 0.3 is 0 Å². The Labute approximate surface area is 110 Å². The molecule has 0 N–H and O–H groups in total. The molecular formula is C15H12N2O2. The minimum atomic E-state index is 0.634. The predicted molar refractivity (Wildman–Crippen MR) is 72.6 cm³/mol. The molecule has 3 aromatic rings. The van der Waals surface area contributed by atoms with Crippen LogP contribution >= 0.6 is 0 Å². The van der Waals surface area contributed by atoms with E-state index in [1.807, 2.05) is 42.6 Å². The van der Waals surface area contributed by atoms with Gasteiger partial charge in [0, 0.05) is 17.3 Å². The van der Waals surface area contributed by atoms with Gasteiger partial charge in [-0.05, 0) is 42.5 Å². The summed E-state index contributed by atoms with van der Waals surface area (Å²) in [6.45, 7) is 0. The number of aromatic nitrogens is 2. The summed E-state index contributed by atoms with van der Waals surface area (Å²) in [7, 11) is 1.64. The lowest BCUT2D eigenvalue weighted by molar-refractivity contribution is 0.112. The fraction of sp³-hybridized carbons (Fsp3) is 0.0667. The van der Waals surface area contributed by atoms with Crippen molar-refractivity contribution in [2.24, 2.45) is 0 Å². The summed E-state index contributed by atoms with van der Waals surface area (Å²) in [6.07, 6.45) is 2.67. The van der Waals surface area contributed by atoms with Crippen LogP contribution in [0.1, 0.15) is 10.4 Å². The third kappa shape index (κ3) is 1.97. The van der Waals surface area contributed by atoms with Crippen LogP contribution in [0.25, 0.3) is 16.8 Å². The Morgan fingerprint density at radius 3 is 2.68 bits per heavy atom. The molecule has 2 aromatic heterocycles. The summed E-state index contributed by atoms with van der Waals surface area (Å²) in [5.41, 5.74) is 3.26. The molecule has 0 aliphatic heterocycles. The molecule has 0 amide bonds. The van der Waals surface area contributed by atoms with Gasteiger partial charge < -0.3 is 4.74 Å². The van der Waals surface area contributed by atoms with Crippen molar-refractivity contribution in [3.05, 3.63) is 54.2 Å². The molecule has 0 saturated heterocycles. The maximum atomic E-state index is 11.0. The fourth-order valence-electron chi connectivity index (χ4n) is 2.04. The summed E-state index contributed by atoms with van der Waals surface area (Å²) in [5.74, 6) is 0.807. The third-order valence-corrected chi connectivity index (χ3v) is 3.05. The normalized spacial score (nSPS) is 10.6. The first-order valence-electron chi connectivity index (χ1n) is 5.90. The van der Waals surface area contributed by atoms with E-state index < -0.39 is 0 Å². The van der Waals surface area contributed by atoms with Crippen molar-refractivity contribution in [3.63, 3.8) is 0 Å². The Bertz CT molecular complexity index is 729. The van der Waals surface area contributed by atoms with Crippen LogP contribution in [0.5, 0.6) is 5.75 Å². The number of ether oxygens (including phenoxy) is 1. The zero-order chi connectivity index (χ0) is 13.2. The van der Waals surface area contributed by atoms with Crippen LogP contribution in [0.4, 0.5) is 0 Å². The summed E-state index contributed by atoms with van der Waals surface area (Å²) in [4.78, 5) is 11.0. The van der Waals surface area contributed by atoms with Crippen LogP contribution in [-0.4, -0.2) is 23.0 Å². The fourth-order valence-corrected chi connectivity index (χ4v) is 2.04. The number of benzene rings is 1. The van der Waals surface area contributed by atoms with Gasteiger partial charge in [0.25, 0.3) is 0 Å². The average Bonchev–Trinajstić information content (AvgIpc) is 2.91. The second-order valence-corrected chi connectivity index (χ2v) is 4.17. The highest BCUT2D eigenvalue weighted by Crippen LogP contribution is 2.23. The lowest BCUT2D eigenvalue weighted by atomic mass is 10.1. The number of nitrogens with zero attached hydrogens (tertiary/aromatic N) is 2. The number of rotatable bonds is 3. The highest BCUT2D eigenvalue weighted by Gasteiger charge is 2.07. The molecule has 94 valence electrons. The van der Waals surface area contributed by atoms with Crippen LogP contribution in [0.15, 0.2) is 48.7 Å². The van der Waals surface area contributed by atoms with Crippen LogP contribution in [-0.2, 0) is 0 Å². The SMILES string of the molecule is COc1ccc(-c2cc3c(C=O)cccn3n2)cc1. The lowest BCUT2D eigenvalue weighted by Gasteiger charge is -1.99. The molecule has 1 aromatic carbocycles. The molecule has 4 nitrogen and oxygen atoms in total. The largest absolute Gasteiger partial charge is 0.497 e. The van der Waals surface area contributed by atoms with E-state index in [2.05, 4.69) is 5.10 Å². The molecule has 0 bridgehead atoms. The molecule has 2 heterocycles. The van der Waals surface area contributed by atoms with Crippen LogP contribution in [0.2, 0.25) is 0 Å². The predicted octanol–water partition coefficient (Wildman–Crippen LogP) is 2.82. The topological polar surface area (TPSA) is 43.6 Å². The van der Waals surface area contributed by atoms with E-state index in [1.165, 1.54) is 0 Å². The first-order valence-corrected chi connectivity index (χ1v) is 5.90. The van der Waals surface area contributed by atoms with Crippen molar-refractivity contribution in [1.29, 1.82) is 0 Å². The van der Waals surface area contributed by atoms with Crippen LogP contribution < -0.4 is 4.74 Å². The Hall–Kier alpha value is -2.62. The molecule has 19 heavy (non-hydrogen) atoms. The van der Waals surface area contributed by atoms with Crippen molar-refractivity contribution in [3.8, 4) is 17.0 Å². The van der Waals surface area contributed by atoms with E-state index in [0.717, 1.165) is 28.8 Å². The minimum absolute atomic E-state index is 0.634. The van der Waals surface area contributed by atoms with Crippen LogP contribution in [0.3, 0.4) is 0 Å². The Morgan fingerprint density at radius 2 is 2.00 bits per heavy atom. The zero-order valence-corrected chi connectivity index (χ0v) is 10.4. The number of fused-ring (bicyclic) bond motifs is 1. The second-order valence-electron chi connectivity index (χ2n) is 4.17. The van der Waals surface area contributed by atoms with Gasteiger partial charge in [0.05, 0.1) is 18.3 Å². The van der Waals surface area contributed by atoms with Gasteiger partial charge in [-0.25, -0.2) is 4.52 Å². The standard InChI is InChI=1S/C15H12N2O2/c1-19-13-6-4-11(5-7-13)14-9-15-12(10-18)3-2-8-17(15)16-14/h2-10H,1H3. The summed E-state index contributed by atoms with van der Waals surface area (Å²) in [5, 5.41) is 4.46. The van der Waals surface area contributed by atoms with Gasteiger partial charge in [0.2, 0.25) is 0 Å². The molecule has 0 fully saturated rings. The van der Waals surface area contributed by atoms with E-state index >= 15 is 0 Å². The monoisotopic (exact) mass is 252 g/mol. The number of methoxy groups -OCH3 is 1. The summed E-state index contributed by atoms with van der Waals surface area (Å²) < 4.78 is 6.84. The number of hydrogen-bond donors (Lipinski definition) is 0. The van der Waals surface area contributed by atoms with E-state index in [9.17, 15) is 4.79 Å². The summed E-state index contributed by atoms with van der Waals surface area (Å²) in [6, 6.07) is 13.2. The molecule has 3 rings (SSSR count). The third-order valence-electron chi connectivity index (χ3n) is 3.05. The van der Waals surface area contributed by atoms with E-state index in [-0.39, 0.29) is 0 Å². The van der Waals surface area contributed by atoms with Crippen molar-refractivity contribution in [2.45, 2.75) is 0 Å². The smallest absolute Gasteiger partial charge is 0.152 e. The zero-order valence-electron chi connectivity index (χ0n) is 10.4. The molecule has 0 aliphatic rings. The molecule has 4 heteroatoms. The molecule has 0 aliphatic carbocycles. The van der Waals surface area contributed by atoms with Gasteiger partial charge in [0.1, 0.15) is 5.75 Å². The molecule has 0 atom stereocenters. The van der Waals surface area contributed by atoms with E-state index in [4.69, 9.17) is 4.74 Å². The van der Waals surface area contributed by atoms with Gasteiger partial charge in [-0.15, -0.1) is 0 Å². The quantitative estimate of drug-likeness (QED) is 0.673. The first-order chi connectivity index (χ1) is 9.31. The van der Waals surface area contributed by atoms with Crippen molar-refractivity contribution in [2.75, 3.05) is 7.11 Å². The highest BCUT2D eigenvalue weighted by molar-refractivity contribution is 5.87. The molecular weight excluding hydrogens is 240 g/mol. The van der Waals surface area contributed by atoms with E-state index in [1.54, 1.807) is 17.7 Å². The van der Waals surface area contributed by atoms with E-state index in [0.29, 0.717) is 5.56 Å². The number of aldehydes is 1. The molecule has 0 saturated carbocycles. The number of hydrogen-bond acceptors (Lipinski definition) is 3. The van der Waals surface area contributed by atoms with Crippen molar-refractivity contribution >= 4 is 11.8 Å². The Morgan fingerprint density at radius 1 is 1.21 bits per heavy atom. The lowest BCUT2D eigenvalue weighted by Crippen LogP contribution is -1.90. The van der Waals surface area contributed by atoms with Gasteiger partial charge in [-0.3, -0.25) is 4.79 Å². The maximum Gasteiger partial charge on any atom is 0.152 e. The van der Waals surface area contributed by atoms with Gasteiger partial charge in [-0.2, -0.15) is 5.10 Å². The number of pyridine rings is 1. The second kappa shape index (κ2) is 4.57. The average molecular weight is 252 g/mol. The summed E-state index contributed by atoms with van der Waals surface area (Å²) >= 11 is 0. The Balaban J connectivity index is 2.12. The first kappa shape index (κ1) is 11.5.